The van der Waals surface area contributed by atoms with Crippen molar-refractivity contribution >= 4 is 11.6 Å². The number of halogens is 2. The molecule has 0 aliphatic carbocycles. The van der Waals surface area contributed by atoms with Crippen molar-refractivity contribution in [1.29, 1.82) is 0 Å². The second-order valence-corrected chi connectivity index (χ2v) is 5.07. The summed E-state index contributed by atoms with van der Waals surface area (Å²) in [7, 11) is 0. The molecular weight excluding hydrogens is 275 g/mol. The Morgan fingerprint density at radius 2 is 2.32 bits per heavy atom. The van der Waals surface area contributed by atoms with Crippen LogP contribution in [0.1, 0.15) is 31.6 Å². The number of hydrogen-bond donors (Lipinski definition) is 1. The number of aryl methyl sites for hydroxylation is 1. The van der Waals surface area contributed by atoms with Crippen molar-refractivity contribution in [3.63, 3.8) is 0 Å². The predicted molar refractivity (Wildman–Crippen MR) is 69.4 cm³/mol. The molecule has 0 radical (unpaired) electrons. The van der Waals surface area contributed by atoms with Crippen molar-refractivity contribution < 1.29 is 9.13 Å². The number of alkyl halides is 2. The molecule has 1 aromatic rings. The van der Waals surface area contributed by atoms with E-state index in [2.05, 4.69) is 4.98 Å². The maximum Gasteiger partial charge on any atom is 0.330 e. The summed E-state index contributed by atoms with van der Waals surface area (Å²) in [6, 6.07) is 0. The lowest BCUT2D eigenvalue weighted by molar-refractivity contribution is -0.0782. The lowest BCUT2D eigenvalue weighted by atomic mass is 9.97. The summed E-state index contributed by atoms with van der Waals surface area (Å²) >= 11 is 5.80. The molecule has 2 heterocycles. The number of nitrogens with one attached hydrogen (secondary N) is 1. The zero-order valence-corrected chi connectivity index (χ0v) is 11.5. The minimum absolute atomic E-state index is 0.0260. The number of rotatable bonds is 3. The molecule has 0 amide bonds. The number of hydrogen-bond acceptors (Lipinski definition) is 3. The molecule has 7 heteroatoms. The quantitative estimate of drug-likeness (QED) is 0.858. The van der Waals surface area contributed by atoms with Crippen molar-refractivity contribution in [2.75, 3.05) is 5.88 Å². The minimum Gasteiger partial charge on any atom is -0.347 e. The van der Waals surface area contributed by atoms with E-state index in [1.54, 1.807) is 13.8 Å². The molecule has 2 rings (SSSR count). The van der Waals surface area contributed by atoms with Crippen LogP contribution in [-0.2, 0) is 4.74 Å². The average Bonchev–Trinajstić information content (AvgIpc) is 2.71. The van der Waals surface area contributed by atoms with Crippen LogP contribution in [-0.4, -0.2) is 27.2 Å². The Labute approximate surface area is 114 Å². The molecule has 1 saturated heterocycles. The molecule has 5 nitrogen and oxygen atoms in total. The van der Waals surface area contributed by atoms with Gasteiger partial charge in [0, 0.05) is 18.2 Å². The van der Waals surface area contributed by atoms with Gasteiger partial charge in [0.2, 0.25) is 0 Å². The molecule has 0 spiro atoms. The van der Waals surface area contributed by atoms with Gasteiger partial charge in [-0.25, -0.2) is 9.18 Å². The van der Waals surface area contributed by atoms with Gasteiger partial charge in [0.15, 0.2) is 0 Å². The van der Waals surface area contributed by atoms with Gasteiger partial charge in [-0.2, -0.15) is 0 Å². The van der Waals surface area contributed by atoms with Crippen LogP contribution in [0, 0.1) is 6.92 Å². The van der Waals surface area contributed by atoms with Crippen molar-refractivity contribution in [3.8, 4) is 0 Å². The van der Waals surface area contributed by atoms with Crippen molar-refractivity contribution in [2.45, 2.75) is 44.7 Å². The number of aromatic amines is 1. The minimum atomic E-state index is -1.24. The van der Waals surface area contributed by atoms with E-state index in [0.29, 0.717) is 12.0 Å². The van der Waals surface area contributed by atoms with Crippen LogP contribution in [0.25, 0.3) is 0 Å². The van der Waals surface area contributed by atoms with Gasteiger partial charge < -0.3 is 4.74 Å². The fourth-order valence-corrected chi connectivity index (χ4v) is 2.69. The Morgan fingerprint density at radius 3 is 2.84 bits per heavy atom. The fourth-order valence-electron chi connectivity index (χ4n) is 2.27. The molecule has 1 fully saturated rings. The Kier molecular flexibility index (Phi) is 3.82. The van der Waals surface area contributed by atoms with Gasteiger partial charge in [-0.05, 0) is 13.3 Å². The summed E-state index contributed by atoms with van der Waals surface area (Å²) in [4.78, 5) is 25.2. The smallest absolute Gasteiger partial charge is 0.330 e. The summed E-state index contributed by atoms with van der Waals surface area (Å²) in [6.45, 7) is 3.36. The molecule has 106 valence electrons. The highest BCUT2D eigenvalue weighted by Gasteiger charge is 2.48. The first-order valence-electron chi connectivity index (χ1n) is 6.13. The molecule has 1 aliphatic heterocycles. The van der Waals surface area contributed by atoms with Gasteiger partial charge in [-0.15, -0.1) is 11.6 Å². The van der Waals surface area contributed by atoms with E-state index >= 15 is 0 Å². The Morgan fingerprint density at radius 1 is 1.63 bits per heavy atom. The van der Waals surface area contributed by atoms with Crippen LogP contribution < -0.4 is 11.2 Å². The highest BCUT2D eigenvalue weighted by molar-refractivity contribution is 6.18. The van der Waals surface area contributed by atoms with Crippen LogP contribution in [0.3, 0.4) is 0 Å². The summed E-state index contributed by atoms with van der Waals surface area (Å²) in [5.74, 6) is 0.0260. The lowest BCUT2D eigenvalue weighted by Gasteiger charge is -2.27. The zero-order valence-electron chi connectivity index (χ0n) is 10.8. The van der Waals surface area contributed by atoms with E-state index < -0.39 is 29.2 Å². The average molecular weight is 291 g/mol. The van der Waals surface area contributed by atoms with Gasteiger partial charge in [-0.1, -0.05) is 6.92 Å². The maximum atomic E-state index is 14.1. The topological polar surface area (TPSA) is 64.1 Å². The van der Waals surface area contributed by atoms with Crippen molar-refractivity contribution in [1.82, 2.24) is 9.55 Å². The van der Waals surface area contributed by atoms with Crippen LogP contribution in [0.5, 0.6) is 0 Å². The van der Waals surface area contributed by atoms with Gasteiger partial charge >= 0.3 is 5.69 Å². The monoisotopic (exact) mass is 290 g/mol. The lowest BCUT2D eigenvalue weighted by Crippen LogP contribution is -2.39. The number of H-pyrrole nitrogens is 1. The molecule has 1 N–H and O–H groups in total. The van der Waals surface area contributed by atoms with E-state index in [1.807, 2.05) is 0 Å². The van der Waals surface area contributed by atoms with Crippen LogP contribution in [0.15, 0.2) is 15.8 Å². The van der Waals surface area contributed by atoms with Gasteiger partial charge in [0.25, 0.3) is 5.56 Å². The second kappa shape index (κ2) is 5.09. The zero-order chi connectivity index (χ0) is 14.2. The first-order valence-corrected chi connectivity index (χ1v) is 6.67. The fraction of sp³-hybridized carbons (Fsp3) is 0.667. The summed E-state index contributed by atoms with van der Waals surface area (Å²) in [5.41, 5.74) is -1.74. The summed E-state index contributed by atoms with van der Waals surface area (Å²) in [5, 5.41) is 0. The number of aromatic nitrogens is 2. The summed E-state index contributed by atoms with van der Waals surface area (Å²) in [6.07, 6.45) is -0.119. The third-order valence-electron chi connectivity index (χ3n) is 3.63. The van der Waals surface area contributed by atoms with Crippen molar-refractivity contribution in [3.05, 3.63) is 32.6 Å². The third kappa shape index (κ3) is 2.34. The normalized spacial score (nSPS) is 30.7. The molecule has 1 aliphatic rings. The highest BCUT2D eigenvalue weighted by Crippen LogP contribution is 2.41. The molecule has 0 unspecified atom stereocenters. The van der Waals surface area contributed by atoms with Crippen LogP contribution >= 0.6 is 11.6 Å². The van der Waals surface area contributed by atoms with E-state index in [0.717, 1.165) is 0 Å². The van der Waals surface area contributed by atoms with Crippen LogP contribution in [0.4, 0.5) is 4.39 Å². The van der Waals surface area contributed by atoms with E-state index in [1.165, 1.54) is 10.8 Å². The maximum absolute atomic E-state index is 14.1. The van der Waals surface area contributed by atoms with E-state index in [4.69, 9.17) is 16.3 Å². The highest BCUT2D eigenvalue weighted by atomic mass is 35.5. The van der Waals surface area contributed by atoms with Crippen LogP contribution in [0.2, 0.25) is 0 Å². The summed E-state index contributed by atoms with van der Waals surface area (Å²) < 4.78 is 21.0. The Hall–Kier alpha value is -1.14. The van der Waals surface area contributed by atoms with Gasteiger partial charge in [0.05, 0.1) is 5.88 Å². The molecule has 0 aromatic carbocycles. The molecule has 3 atom stereocenters. The third-order valence-corrected chi connectivity index (χ3v) is 4.08. The van der Waals surface area contributed by atoms with Gasteiger partial charge in [0.1, 0.15) is 18.0 Å². The second-order valence-electron chi connectivity index (χ2n) is 4.81. The van der Waals surface area contributed by atoms with E-state index in [9.17, 15) is 14.0 Å². The SMILES string of the molecule is CC[C@@]1(CCl)O[C@@H](n2cc(C)c(=O)[nH]c2=O)C[C@@H]1F. The molecular formula is C12H16ClFN2O3. The predicted octanol–water partition coefficient (Wildman–Crippen LogP) is 1.49. The number of ether oxygens (including phenoxy) is 1. The Balaban J connectivity index is 2.38. The largest absolute Gasteiger partial charge is 0.347 e. The van der Waals surface area contributed by atoms with Crippen molar-refractivity contribution in [2.24, 2.45) is 0 Å². The molecule has 0 bridgehead atoms. The van der Waals surface area contributed by atoms with Gasteiger partial charge in [-0.3, -0.25) is 14.3 Å². The molecule has 0 saturated carbocycles. The molecule has 1 aromatic heterocycles. The first-order chi connectivity index (χ1) is 8.93. The first kappa shape index (κ1) is 14.3. The van der Waals surface area contributed by atoms with E-state index in [-0.39, 0.29) is 12.3 Å². The molecule has 19 heavy (non-hydrogen) atoms. The standard InChI is InChI=1S/C12H16ClFN2O3/c1-3-12(6-13)8(14)4-9(19-12)16-5-7(2)10(17)15-11(16)18/h5,8-9H,3-4,6H2,1-2H3,(H,15,17,18)/t8-,9+,12-/m0/s1. The Bertz CT molecular complexity index is 579. The number of nitrogens with zero attached hydrogens (tertiary/aromatic N) is 1.